The van der Waals surface area contributed by atoms with Crippen LogP contribution in [0, 0.1) is 12.7 Å². The molecule has 3 aromatic rings. The number of carboxylic acid groups (broad SMARTS) is 1. The zero-order valence-corrected chi connectivity index (χ0v) is 23.3. The van der Waals surface area contributed by atoms with Crippen LogP contribution in [0.4, 0.5) is 40.4 Å². The zero-order valence-electron chi connectivity index (χ0n) is 23.3. The van der Waals surface area contributed by atoms with Crippen LogP contribution in [0.25, 0.3) is 21.9 Å². The summed E-state index contributed by atoms with van der Waals surface area (Å²) in [5, 5.41) is 15.2. The van der Waals surface area contributed by atoms with Crippen molar-refractivity contribution >= 4 is 46.2 Å². The van der Waals surface area contributed by atoms with Gasteiger partial charge < -0.3 is 19.3 Å². The number of rotatable bonds is 4. The number of nitrogens with one attached hydrogen (secondary N) is 2. The van der Waals surface area contributed by atoms with E-state index < -0.39 is 42.0 Å². The van der Waals surface area contributed by atoms with Gasteiger partial charge in [-0.1, -0.05) is 0 Å². The highest BCUT2D eigenvalue weighted by atomic mass is 19.1. The Morgan fingerprint density at radius 3 is 2.50 bits per heavy atom. The molecule has 0 radical (unpaired) electrons. The van der Waals surface area contributed by atoms with Gasteiger partial charge in [0.1, 0.15) is 36.0 Å². The summed E-state index contributed by atoms with van der Waals surface area (Å²) in [5.41, 5.74) is -0.324. The summed E-state index contributed by atoms with van der Waals surface area (Å²) in [7, 11) is 0. The number of aromatic nitrogens is 2. The van der Waals surface area contributed by atoms with E-state index in [1.54, 1.807) is 27.7 Å². The molecule has 222 valence electrons. The fraction of sp³-hybridized carbons (Fsp3) is 0.393. The number of carbonyl (C=O) groups excluding carboxylic acids is 2. The number of hydrogen-bond acceptors (Lipinski definition) is 8. The van der Waals surface area contributed by atoms with Crippen molar-refractivity contribution in [3.8, 4) is 17.0 Å². The number of benzene rings is 1. The maximum atomic E-state index is 16.3. The number of carbonyl (C=O) groups is 3. The third kappa shape index (κ3) is 5.83. The molecule has 1 aliphatic heterocycles. The second-order valence-corrected chi connectivity index (χ2v) is 11.0. The smallest absolute Gasteiger partial charge is 0.413 e. The Bertz CT molecular complexity index is 1590. The highest BCUT2D eigenvalue weighted by Gasteiger charge is 2.33. The third-order valence-corrected chi connectivity index (χ3v) is 6.75. The number of amides is 3. The molecule has 0 spiro atoms. The van der Waals surface area contributed by atoms with E-state index in [1.165, 1.54) is 24.5 Å². The average Bonchev–Trinajstić information content (AvgIpc) is 2.88. The number of anilines is 3. The first-order valence-electron chi connectivity index (χ1n) is 13.2. The molecule has 1 fully saturated rings. The van der Waals surface area contributed by atoms with Gasteiger partial charge in [-0.05, 0) is 50.8 Å². The first kappa shape index (κ1) is 28.8. The van der Waals surface area contributed by atoms with Gasteiger partial charge in [0, 0.05) is 41.7 Å². The van der Waals surface area contributed by atoms with E-state index in [4.69, 9.17) is 14.2 Å². The molecule has 14 heteroatoms. The molecule has 2 aliphatic rings. The van der Waals surface area contributed by atoms with Gasteiger partial charge in [-0.3, -0.25) is 15.5 Å². The van der Waals surface area contributed by atoms with Crippen LogP contribution in [-0.2, 0) is 9.47 Å². The van der Waals surface area contributed by atoms with Gasteiger partial charge in [0.2, 0.25) is 5.88 Å². The van der Waals surface area contributed by atoms with Gasteiger partial charge in [-0.2, -0.15) is 0 Å². The van der Waals surface area contributed by atoms with Crippen LogP contribution in [0.15, 0.2) is 24.5 Å². The van der Waals surface area contributed by atoms with E-state index in [-0.39, 0.29) is 65.6 Å². The molecule has 0 unspecified atom stereocenters. The van der Waals surface area contributed by atoms with Crippen LogP contribution in [0.2, 0.25) is 0 Å². The topological polar surface area (TPSA) is 152 Å². The summed E-state index contributed by atoms with van der Waals surface area (Å²) in [6, 6.07) is 2.92. The molecule has 12 nitrogen and oxygen atoms in total. The largest absolute Gasteiger partial charge is 0.474 e. The van der Waals surface area contributed by atoms with Gasteiger partial charge in [0.25, 0.3) is 0 Å². The normalized spacial score (nSPS) is 17.9. The highest BCUT2D eigenvalue weighted by molar-refractivity contribution is 6.04. The number of fused-ring (bicyclic) bond motifs is 2. The molecule has 2 aromatic heterocycles. The number of halogens is 2. The minimum absolute atomic E-state index is 0.0135. The number of hydrogen-bond donors (Lipinski definition) is 3. The van der Waals surface area contributed by atoms with Crippen molar-refractivity contribution < 1.29 is 42.5 Å². The average molecular weight is 586 g/mol. The fourth-order valence-electron chi connectivity index (χ4n) is 4.75. The molecular formula is C28H29F2N5O7. The quantitative estimate of drug-likeness (QED) is 0.334. The molecule has 5 rings (SSSR count). The molecule has 3 heterocycles. The molecule has 1 aliphatic carbocycles. The van der Waals surface area contributed by atoms with Crippen LogP contribution >= 0.6 is 0 Å². The molecule has 3 amide bonds. The van der Waals surface area contributed by atoms with Crippen molar-refractivity contribution in [2.75, 3.05) is 28.7 Å². The van der Waals surface area contributed by atoms with E-state index in [0.717, 1.165) is 4.90 Å². The molecule has 3 N–H and O–H groups in total. The number of ether oxygens (including phenoxy) is 3. The summed E-state index contributed by atoms with van der Waals surface area (Å²) in [5.74, 6) is -0.683. The summed E-state index contributed by atoms with van der Waals surface area (Å²) >= 11 is 0. The van der Waals surface area contributed by atoms with Gasteiger partial charge in [-0.25, -0.2) is 33.1 Å². The Kier molecular flexibility index (Phi) is 7.47. The van der Waals surface area contributed by atoms with Crippen molar-refractivity contribution in [1.29, 1.82) is 0 Å². The van der Waals surface area contributed by atoms with E-state index >= 15 is 4.39 Å². The summed E-state index contributed by atoms with van der Waals surface area (Å²) in [6.45, 7) is 6.76. The standard InChI is InChI=1S/C28H29F2N5O7/c1-13-18(11-32-24-23(13)35(27(38)39)5-6-40-24)17-7-14-8-20(33-25(36)41-16-9-15(29)10-16)31-12-19(14)22(21(17)30)34-26(37)42-28(2,3)4/h7-8,11-12,15-16H,5-6,9-10H2,1-4H3,(H,34,37)(H,38,39)(H,31,33,36). The van der Waals surface area contributed by atoms with Gasteiger partial charge >= 0.3 is 18.3 Å². The highest BCUT2D eigenvalue weighted by Crippen LogP contribution is 2.42. The van der Waals surface area contributed by atoms with Crippen LogP contribution in [0.1, 0.15) is 39.2 Å². The lowest BCUT2D eigenvalue weighted by Gasteiger charge is -2.29. The molecule has 0 bridgehead atoms. The van der Waals surface area contributed by atoms with E-state index in [2.05, 4.69) is 20.6 Å². The Morgan fingerprint density at radius 2 is 1.83 bits per heavy atom. The van der Waals surface area contributed by atoms with Crippen LogP contribution < -0.4 is 20.3 Å². The Labute approximate surface area is 239 Å². The number of alkyl halides is 1. The number of pyridine rings is 2. The Hall–Kier alpha value is -4.75. The molecule has 1 aromatic carbocycles. The van der Waals surface area contributed by atoms with Crippen LogP contribution in [-0.4, -0.2) is 64.4 Å². The number of nitrogens with zero attached hydrogens (tertiary/aromatic N) is 3. The monoisotopic (exact) mass is 585 g/mol. The SMILES string of the molecule is Cc1c(-c2cc3cc(NC(=O)OC4CC(F)C4)ncc3c(NC(=O)OC(C)(C)C)c2F)cnc2c1N(C(=O)O)CCO2. The molecule has 0 saturated heterocycles. The molecule has 1 saturated carbocycles. The first-order valence-corrected chi connectivity index (χ1v) is 13.2. The second kappa shape index (κ2) is 10.9. The molecule has 42 heavy (non-hydrogen) atoms. The van der Waals surface area contributed by atoms with E-state index in [9.17, 15) is 23.9 Å². The van der Waals surface area contributed by atoms with Crippen molar-refractivity contribution in [1.82, 2.24) is 9.97 Å². The second-order valence-electron chi connectivity index (χ2n) is 11.0. The van der Waals surface area contributed by atoms with Gasteiger partial charge in [0.15, 0.2) is 5.82 Å². The zero-order chi connectivity index (χ0) is 30.3. The van der Waals surface area contributed by atoms with E-state index in [0.29, 0.717) is 10.9 Å². The lowest BCUT2D eigenvalue weighted by Crippen LogP contribution is -2.37. The Balaban J connectivity index is 1.59. The molecular weight excluding hydrogens is 556 g/mol. The lowest BCUT2D eigenvalue weighted by atomic mass is 9.94. The van der Waals surface area contributed by atoms with Crippen molar-refractivity contribution in [2.45, 2.75) is 58.4 Å². The fourth-order valence-corrected chi connectivity index (χ4v) is 4.75. The summed E-state index contributed by atoms with van der Waals surface area (Å²) < 4.78 is 45.4. The maximum absolute atomic E-state index is 16.3. The summed E-state index contributed by atoms with van der Waals surface area (Å²) in [4.78, 5) is 46.4. The minimum Gasteiger partial charge on any atom is -0.474 e. The summed E-state index contributed by atoms with van der Waals surface area (Å²) in [6.07, 6.45) is -1.61. The minimum atomic E-state index is -1.22. The van der Waals surface area contributed by atoms with Crippen molar-refractivity contribution in [3.05, 3.63) is 35.9 Å². The van der Waals surface area contributed by atoms with Crippen molar-refractivity contribution in [2.24, 2.45) is 0 Å². The predicted octanol–water partition coefficient (Wildman–Crippen LogP) is 6.02. The van der Waals surface area contributed by atoms with E-state index in [1.807, 2.05) is 0 Å². The van der Waals surface area contributed by atoms with Crippen molar-refractivity contribution in [3.63, 3.8) is 0 Å². The van der Waals surface area contributed by atoms with Crippen LogP contribution in [0.3, 0.4) is 0 Å². The lowest BCUT2D eigenvalue weighted by molar-refractivity contribution is 0.00918. The van der Waals surface area contributed by atoms with Gasteiger partial charge in [-0.15, -0.1) is 0 Å². The predicted molar refractivity (Wildman–Crippen MR) is 148 cm³/mol. The molecule has 0 atom stereocenters. The Morgan fingerprint density at radius 1 is 1.10 bits per heavy atom. The van der Waals surface area contributed by atoms with Gasteiger partial charge in [0.05, 0.1) is 12.2 Å². The first-order chi connectivity index (χ1) is 19.8. The van der Waals surface area contributed by atoms with Crippen LogP contribution in [0.5, 0.6) is 5.88 Å². The third-order valence-electron chi connectivity index (χ3n) is 6.75. The maximum Gasteiger partial charge on any atom is 0.413 e.